The molecule has 2 aromatic heterocycles. The number of hydrogen-bond acceptors (Lipinski definition) is 5. The van der Waals surface area contributed by atoms with Gasteiger partial charge in [0.05, 0.1) is 10.2 Å². The molecule has 2 aromatic carbocycles. The highest BCUT2D eigenvalue weighted by Crippen LogP contribution is 2.47. The van der Waals surface area contributed by atoms with Crippen molar-refractivity contribution in [2.45, 2.75) is 37.5 Å². The Bertz CT molecular complexity index is 1180. The van der Waals surface area contributed by atoms with Crippen molar-refractivity contribution in [1.82, 2.24) is 4.98 Å². The predicted molar refractivity (Wildman–Crippen MR) is 135 cm³/mol. The van der Waals surface area contributed by atoms with Crippen LogP contribution in [0, 0.1) is 5.92 Å². The summed E-state index contributed by atoms with van der Waals surface area (Å²) in [7, 11) is 0. The van der Waals surface area contributed by atoms with Crippen LogP contribution >= 0.6 is 34.4 Å². The van der Waals surface area contributed by atoms with E-state index in [2.05, 4.69) is 42.6 Å². The average Bonchev–Trinajstić information content (AvgIpc) is 3.34. The first kappa shape index (κ1) is 20.7. The third-order valence-corrected chi connectivity index (χ3v) is 8.85. The van der Waals surface area contributed by atoms with Gasteiger partial charge >= 0.3 is 0 Å². The van der Waals surface area contributed by atoms with E-state index in [9.17, 15) is 4.79 Å². The third-order valence-electron chi connectivity index (χ3n) is 5.61. The van der Waals surface area contributed by atoms with E-state index in [0.29, 0.717) is 12.3 Å². The minimum absolute atomic E-state index is 0.0810. The fraction of sp³-hybridized carbons (Fsp3) is 0.280. The first-order valence-corrected chi connectivity index (χ1v) is 13.3. The highest BCUT2D eigenvalue weighted by atomic mass is 32.2. The monoisotopic (exact) mass is 464 g/mol. The maximum absolute atomic E-state index is 12.8. The summed E-state index contributed by atoms with van der Waals surface area (Å²) in [4.78, 5) is 20.3. The van der Waals surface area contributed by atoms with Crippen molar-refractivity contribution in [3.8, 4) is 10.6 Å². The van der Waals surface area contributed by atoms with Crippen LogP contribution in [0.2, 0.25) is 0 Å². The maximum Gasteiger partial charge on any atom is 0.225 e. The Morgan fingerprint density at radius 2 is 1.94 bits per heavy atom. The molecule has 4 aromatic rings. The number of thiazole rings is 1. The number of fused-ring (bicyclic) bond motifs is 2. The first-order chi connectivity index (χ1) is 15.2. The van der Waals surface area contributed by atoms with Crippen molar-refractivity contribution in [2.24, 2.45) is 5.92 Å². The highest BCUT2D eigenvalue weighted by molar-refractivity contribution is 7.99. The van der Waals surface area contributed by atoms with Crippen molar-refractivity contribution in [3.05, 3.63) is 65.0 Å². The van der Waals surface area contributed by atoms with Crippen LogP contribution in [0.4, 0.5) is 5.00 Å². The van der Waals surface area contributed by atoms with Crippen molar-refractivity contribution in [1.29, 1.82) is 0 Å². The Hall–Kier alpha value is -2.15. The summed E-state index contributed by atoms with van der Waals surface area (Å²) in [6.07, 6.45) is 3.86. The molecule has 1 aliphatic carbocycles. The number of aromatic nitrogens is 1. The number of carbonyl (C=O) groups excluding carboxylic acids is 1. The molecule has 1 unspecified atom stereocenters. The molecule has 6 heteroatoms. The van der Waals surface area contributed by atoms with E-state index in [1.165, 1.54) is 26.5 Å². The predicted octanol–water partition coefficient (Wildman–Crippen LogP) is 7.27. The van der Waals surface area contributed by atoms with Gasteiger partial charge in [0.2, 0.25) is 5.91 Å². The second-order valence-electron chi connectivity index (χ2n) is 8.00. The van der Waals surface area contributed by atoms with E-state index < -0.39 is 0 Å². The summed E-state index contributed by atoms with van der Waals surface area (Å²) in [6.45, 7) is 2.32. The summed E-state index contributed by atoms with van der Waals surface area (Å²) in [6, 6.07) is 18.5. The second kappa shape index (κ2) is 9.15. The summed E-state index contributed by atoms with van der Waals surface area (Å²) in [5, 5.41) is 5.25. The zero-order valence-corrected chi connectivity index (χ0v) is 19.8. The number of nitrogens with zero attached hydrogens (tertiary/aromatic N) is 1. The van der Waals surface area contributed by atoms with Gasteiger partial charge in [-0.3, -0.25) is 4.79 Å². The zero-order chi connectivity index (χ0) is 21.2. The molecule has 1 N–H and O–H groups in total. The lowest BCUT2D eigenvalue weighted by Crippen LogP contribution is -2.12. The lowest BCUT2D eigenvalue weighted by molar-refractivity contribution is -0.115. The molecule has 2 heterocycles. The Morgan fingerprint density at radius 3 is 2.77 bits per heavy atom. The van der Waals surface area contributed by atoms with Crippen LogP contribution in [0.25, 0.3) is 20.8 Å². The Labute approximate surface area is 194 Å². The van der Waals surface area contributed by atoms with Crippen molar-refractivity contribution >= 4 is 55.6 Å². The first-order valence-electron chi connectivity index (χ1n) is 10.7. The van der Waals surface area contributed by atoms with Gasteiger partial charge in [-0.15, -0.1) is 34.4 Å². The molecule has 0 fully saturated rings. The number of anilines is 1. The number of carbonyl (C=O) groups is 1. The number of benzene rings is 2. The number of para-hydroxylation sites is 1. The lowest BCUT2D eigenvalue weighted by atomic mass is 9.88. The number of amides is 1. The van der Waals surface area contributed by atoms with E-state index in [0.717, 1.165) is 39.7 Å². The molecule has 1 amide bonds. The number of rotatable bonds is 6. The molecule has 0 radical (unpaired) electrons. The van der Waals surface area contributed by atoms with Crippen molar-refractivity contribution in [3.63, 3.8) is 0 Å². The van der Waals surface area contributed by atoms with Crippen LogP contribution < -0.4 is 5.32 Å². The van der Waals surface area contributed by atoms with Gasteiger partial charge in [-0.05, 0) is 55.0 Å². The van der Waals surface area contributed by atoms with Gasteiger partial charge in [0.1, 0.15) is 10.0 Å². The molecular formula is C25H24N2OS3. The number of nitrogens with one attached hydrogen (secondary N) is 1. The summed E-state index contributed by atoms with van der Waals surface area (Å²) >= 11 is 5.20. The SMILES string of the molecule is CC1CCc2c(sc(NC(=O)CCSc3ccccc3)c2-c2nc3ccccc3s2)C1. The van der Waals surface area contributed by atoms with Gasteiger partial charge in [-0.25, -0.2) is 4.98 Å². The van der Waals surface area contributed by atoms with Gasteiger partial charge in [0, 0.05) is 27.5 Å². The van der Waals surface area contributed by atoms with E-state index >= 15 is 0 Å². The van der Waals surface area contributed by atoms with E-state index in [4.69, 9.17) is 4.98 Å². The van der Waals surface area contributed by atoms with Gasteiger partial charge in [-0.2, -0.15) is 0 Å². The number of hydrogen-bond donors (Lipinski definition) is 1. The molecule has 3 nitrogen and oxygen atoms in total. The van der Waals surface area contributed by atoms with Crippen LogP contribution in [-0.4, -0.2) is 16.6 Å². The van der Waals surface area contributed by atoms with Crippen molar-refractivity contribution < 1.29 is 4.79 Å². The van der Waals surface area contributed by atoms with E-state index in [-0.39, 0.29) is 5.91 Å². The minimum atomic E-state index is 0.0810. The minimum Gasteiger partial charge on any atom is -0.317 e. The molecular weight excluding hydrogens is 440 g/mol. The summed E-state index contributed by atoms with van der Waals surface area (Å²) in [5.41, 5.74) is 3.59. The van der Waals surface area contributed by atoms with Crippen LogP contribution in [0.3, 0.4) is 0 Å². The normalized spacial score (nSPS) is 15.7. The number of thioether (sulfide) groups is 1. The topological polar surface area (TPSA) is 42.0 Å². The summed E-state index contributed by atoms with van der Waals surface area (Å²) in [5.74, 6) is 1.55. The van der Waals surface area contributed by atoms with Crippen LogP contribution in [0.1, 0.15) is 30.2 Å². The fourth-order valence-corrected chi connectivity index (χ4v) is 7.42. The molecule has 0 spiro atoms. The fourth-order valence-electron chi connectivity index (χ4n) is 4.01. The molecule has 0 saturated carbocycles. The van der Waals surface area contributed by atoms with Crippen LogP contribution in [0.15, 0.2) is 59.5 Å². The standard InChI is InChI=1S/C25H24N2OS3/c1-16-11-12-18-21(15-16)31-25(23(18)24-26-19-9-5-6-10-20(19)30-24)27-22(28)13-14-29-17-7-3-2-4-8-17/h2-10,16H,11-15H2,1H3,(H,27,28). The molecule has 31 heavy (non-hydrogen) atoms. The van der Waals surface area contributed by atoms with Crippen molar-refractivity contribution in [2.75, 3.05) is 11.1 Å². The molecule has 5 rings (SSSR count). The molecule has 1 atom stereocenters. The molecule has 1 aliphatic rings. The molecule has 158 valence electrons. The molecule has 0 aliphatic heterocycles. The quantitative estimate of drug-likeness (QED) is 0.305. The third kappa shape index (κ3) is 4.56. The Balaban J connectivity index is 1.39. The molecule has 0 bridgehead atoms. The number of thiophene rings is 1. The smallest absolute Gasteiger partial charge is 0.225 e. The lowest BCUT2D eigenvalue weighted by Gasteiger charge is -2.18. The Kier molecular flexibility index (Phi) is 6.12. The Morgan fingerprint density at radius 1 is 1.13 bits per heavy atom. The van der Waals surface area contributed by atoms with Crippen LogP contribution in [-0.2, 0) is 17.6 Å². The average molecular weight is 465 g/mol. The highest BCUT2D eigenvalue weighted by Gasteiger charge is 2.27. The largest absolute Gasteiger partial charge is 0.317 e. The van der Waals surface area contributed by atoms with E-state index in [1.54, 1.807) is 34.4 Å². The van der Waals surface area contributed by atoms with Crippen LogP contribution in [0.5, 0.6) is 0 Å². The summed E-state index contributed by atoms with van der Waals surface area (Å²) < 4.78 is 1.19. The van der Waals surface area contributed by atoms with Gasteiger partial charge in [-0.1, -0.05) is 37.3 Å². The van der Waals surface area contributed by atoms with Gasteiger partial charge < -0.3 is 5.32 Å². The van der Waals surface area contributed by atoms with Gasteiger partial charge in [0.25, 0.3) is 0 Å². The maximum atomic E-state index is 12.8. The van der Waals surface area contributed by atoms with Gasteiger partial charge in [0.15, 0.2) is 0 Å². The zero-order valence-electron chi connectivity index (χ0n) is 17.4. The second-order valence-corrected chi connectivity index (χ2v) is 11.3. The van der Waals surface area contributed by atoms with E-state index in [1.807, 2.05) is 24.3 Å². The molecule has 0 saturated heterocycles.